The molecule has 0 amide bonds. The Balaban J connectivity index is 1.75. The van der Waals surface area contributed by atoms with Crippen LogP contribution in [-0.2, 0) is 20.9 Å². The molecule has 2 aromatic carbocycles. The maximum absolute atomic E-state index is 12.4. The van der Waals surface area contributed by atoms with Crippen LogP contribution in [0.15, 0.2) is 30.3 Å². The summed E-state index contributed by atoms with van der Waals surface area (Å²) >= 11 is 0. The first-order valence-corrected chi connectivity index (χ1v) is 10.2. The molecule has 9 heteroatoms. The monoisotopic (exact) mass is 444 g/mol. The van der Waals surface area contributed by atoms with Gasteiger partial charge in [0.25, 0.3) is 0 Å². The zero-order valence-corrected chi connectivity index (χ0v) is 17.8. The minimum atomic E-state index is -2.12. The maximum Gasteiger partial charge on any atom is 0.338 e. The SMILES string of the molecule is CCOC(=O)C1(COc2c(-c3ccc4c(c3)COC4=O)ccc(OC)c2OC(O)O)CC1. The van der Waals surface area contributed by atoms with Crippen LogP contribution < -0.4 is 14.2 Å². The van der Waals surface area contributed by atoms with Crippen LogP contribution in [0.5, 0.6) is 17.2 Å². The minimum absolute atomic E-state index is 0.0208. The molecule has 4 rings (SSSR count). The van der Waals surface area contributed by atoms with E-state index in [2.05, 4.69) is 0 Å². The second-order valence-corrected chi connectivity index (χ2v) is 7.66. The lowest BCUT2D eigenvalue weighted by Gasteiger charge is -2.22. The molecule has 0 atom stereocenters. The van der Waals surface area contributed by atoms with Gasteiger partial charge >= 0.3 is 18.4 Å². The minimum Gasteiger partial charge on any atom is -0.493 e. The van der Waals surface area contributed by atoms with Gasteiger partial charge in [0, 0.05) is 11.1 Å². The van der Waals surface area contributed by atoms with E-state index in [9.17, 15) is 19.8 Å². The molecule has 0 saturated heterocycles. The molecule has 0 radical (unpaired) electrons. The van der Waals surface area contributed by atoms with Crippen molar-refractivity contribution in [1.82, 2.24) is 0 Å². The average molecular weight is 444 g/mol. The van der Waals surface area contributed by atoms with E-state index in [4.69, 9.17) is 23.7 Å². The summed E-state index contributed by atoms with van der Waals surface area (Å²) in [4.78, 5) is 24.2. The van der Waals surface area contributed by atoms with Gasteiger partial charge in [-0.1, -0.05) is 6.07 Å². The van der Waals surface area contributed by atoms with E-state index < -0.39 is 11.9 Å². The number of carbonyl (C=O) groups excluding carboxylic acids is 2. The molecular formula is C23H24O9. The van der Waals surface area contributed by atoms with Crippen LogP contribution in [0, 0.1) is 5.41 Å². The zero-order valence-electron chi connectivity index (χ0n) is 17.8. The third-order valence-electron chi connectivity index (χ3n) is 5.57. The van der Waals surface area contributed by atoms with Crippen molar-refractivity contribution in [3.63, 3.8) is 0 Å². The Morgan fingerprint density at radius 1 is 1.16 bits per heavy atom. The molecule has 1 heterocycles. The molecule has 2 aromatic rings. The van der Waals surface area contributed by atoms with Gasteiger partial charge < -0.3 is 33.9 Å². The molecule has 1 aliphatic carbocycles. The summed E-state index contributed by atoms with van der Waals surface area (Å²) < 4.78 is 26.8. The van der Waals surface area contributed by atoms with Crippen LogP contribution in [0.2, 0.25) is 0 Å². The molecule has 170 valence electrons. The van der Waals surface area contributed by atoms with E-state index in [1.807, 2.05) is 0 Å². The van der Waals surface area contributed by atoms with E-state index in [1.165, 1.54) is 7.11 Å². The maximum atomic E-state index is 12.4. The van der Waals surface area contributed by atoms with Crippen molar-refractivity contribution < 1.29 is 43.5 Å². The Morgan fingerprint density at radius 3 is 2.56 bits per heavy atom. The van der Waals surface area contributed by atoms with Crippen LogP contribution in [0.25, 0.3) is 11.1 Å². The number of esters is 2. The van der Waals surface area contributed by atoms with Gasteiger partial charge in [-0.3, -0.25) is 4.79 Å². The molecule has 32 heavy (non-hydrogen) atoms. The number of benzene rings is 2. The predicted molar refractivity (Wildman–Crippen MR) is 110 cm³/mol. The molecule has 1 fully saturated rings. The topological polar surface area (TPSA) is 121 Å². The van der Waals surface area contributed by atoms with E-state index in [0.29, 0.717) is 29.5 Å². The van der Waals surface area contributed by atoms with Crippen molar-refractivity contribution >= 4 is 11.9 Å². The highest BCUT2D eigenvalue weighted by Crippen LogP contribution is 2.50. The summed E-state index contributed by atoms with van der Waals surface area (Å²) in [6.07, 6.45) is 1.25. The highest BCUT2D eigenvalue weighted by atomic mass is 16.7. The summed E-state index contributed by atoms with van der Waals surface area (Å²) in [6, 6.07) is 8.53. The van der Waals surface area contributed by atoms with E-state index in [-0.39, 0.29) is 49.0 Å². The lowest BCUT2D eigenvalue weighted by molar-refractivity contribution is -0.180. The van der Waals surface area contributed by atoms with Crippen molar-refractivity contribution in [2.75, 3.05) is 20.3 Å². The van der Waals surface area contributed by atoms with Gasteiger partial charge in [-0.05, 0) is 49.6 Å². The van der Waals surface area contributed by atoms with Crippen molar-refractivity contribution in [1.29, 1.82) is 0 Å². The van der Waals surface area contributed by atoms with Gasteiger partial charge in [-0.15, -0.1) is 0 Å². The number of hydrogen-bond acceptors (Lipinski definition) is 9. The van der Waals surface area contributed by atoms with Crippen LogP contribution >= 0.6 is 0 Å². The van der Waals surface area contributed by atoms with Crippen molar-refractivity contribution in [2.24, 2.45) is 5.41 Å². The van der Waals surface area contributed by atoms with Gasteiger partial charge in [0.05, 0.1) is 19.3 Å². The van der Waals surface area contributed by atoms with Gasteiger partial charge in [0.15, 0.2) is 11.5 Å². The molecule has 2 N–H and O–H groups in total. The summed E-state index contributed by atoms with van der Waals surface area (Å²) in [5.41, 5.74) is 1.72. The highest BCUT2D eigenvalue weighted by molar-refractivity contribution is 5.94. The Kier molecular flexibility index (Phi) is 5.94. The molecule has 0 spiro atoms. The van der Waals surface area contributed by atoms with E-state index in [0.717, 1.165) is 5.56 Å². The number of carbonyl (C=O) groups is 2. The summed E-state index contributed by atoms with van der Waals surface area (Å²) in [6.45, 7) is 0.0836. The molecular weight excluding hydrogens is 420 g/mol. The van der Waals surface area contributed by atoms with Crippen LogP contribution in [-0.4, -0.2) is 49.0 Å². The standard InChI is InChI=1S/C23H24O9/c1-3-29-21(25)23(8-9-23)12-31-18-15(6-7-17(28-2)19(18)32-22(26)27)13-4-5-16-14(10-13)11-30-20(16)24/h4-7,10,22,26-27H,3,8-9,11-12H2,1-2H3. The van der Waals surface area contributed by atoms with Crippen LogP contribution in [0.1, 0.15) is 35.7 Å². The number of ether oxygens (including phenoxy) is 5. The van der Waals surface area contributed by atoms with Crippen molar-refractivity contribution in [3.05, 3.63) is 41.5 Å². The molecule has 9 nitrogen and oxygen atoms in total. The fourth-order valence-corrected chi connectivity index (χ4v) is 3.65. The molecule has 1 saturated carbocycles. The second-order valence-electron chi connectivity index (χ2n) is 7.66. The van der Waals surface area contributed by atoms with Gasteiger partial charge in [0.1, 0.15) is 18.6 Å². The summed E-state index contributed by atoms with van der Waals surface area (Å²) in [5, 5.41) is 18.9. The molecule has 2 aliphatic rings. The predicted octanol–water partition coefficient (Wildman–Crippen LogP) is 2.40. The van der Waals surface area contributed by atoms with E-state index >= 15 is 0 Å². The second kappa shape index (κ2) is 8.68. The fraction of sp³-hybridized carbons (Fsp3) is 0.391. The van der Waals surface area contributed by atoms with Gasteiger partial charge in [-0.2, -0.15) is 0 Å². The molecule has 1 aliphatic heterocycles. The zero-order chi connectivity index (χ0) is 22.9. The first-order chi connectivity index (χ1) is 15.4. The Morgan fingerprint density at radius 2 is 1.91 bits per heavy atom. The molecule has 0 unspecified atom stereocenters. The van der Waals surface area contributed by atoms with Gasteiger partial charge in [0.2, 0.25) is 5.75 Å². The Hall–Kier alpha value is -3.30. The number of cyclic esters (lactones) is 1. The van der Waals surface area contributed by atoms with E-state index in [1.54, 1.807) is 37.3 Å². The molecule has 0 bridgehead atoms. The van der Waals surface area contributed by atoms with Crippen molar-refractivity contribution in [2.45, 2.75) is 32.8 Å². The number of methoxy groups -OCH3 is 1. The quantitative estimate of drug-likeness (QED) is 0.444. The summed E-state index contributed by atoms with van der Waals surface area (Å²) in [5.74, 6) is -0.333. The average Bonchev–Trinajstić information content (AvgIpc) is 3.49. The first-order valence-electron chi connectivity index (χ1n) is 10.2. The smallest absolute Gasteiger partial charge is 0.338 e. The lowest BCUT2D eigenvalue weighted by Crippen LogP contribution is -2.26. The first kappa shape index (κ1) is 21.9. The third kappa shape index (κ3) is 4.09. The highest BCUT2D eigenvalue weighted by Gasteiger charge is 2.52. The lowest BCUT2D eigenvalue weighted by atomic mass is 9.99. The van der Waals surface area contributed by atoms with Crippen LogP contribution in [0.3, 0.4) is 0 Å². The number of aliphatic hydroxyl groups is 2. The Labute approximate surface area is 184 Å². The normalized spacial score (nSPS) is 15.7. The fourth-order valence-electron chi connectivity index (χ4n) is 3.65. The number of aliphatic hydroxyl groups excluding tert-OH is 1. The molecule has 0 aromatic heterocycles. The Bertz CT molecular complexity index is 1040. The van der Waals surface area contributed by atoms with Crippen LogP contribution in [0.4, 0.5) is 0 Å². The number of rotatable bonds is 9. The number of fused-ring (bicyclic) bond motifs is 1. The summed E-state index contributed by atoms with van der Waals surface area (Å²) in [7, 11) is 1.41. The largest absolute Gasteiger partial charge is 0.493 e. The number of hydrogen-bond donors (Lipinski definition) is 2. The van der Waals surface area contributed by atoms with Gasteiger partial charge in [-0.25, -0.2) is 4.79 Å². The third-order valence-corrected chi connectivity index (χ3v) is 5.57. The van der Waals surface area contributed by atoms with Crippen molar-refractivity contribution in [3.8, 4) is 28.4 Å².